The Kier molecular flexibility index (Phi) is 47.2. The molecule has 0 amide bonds. The molecule has 2 heterocycles. The lowest BCUT2D eigenvalue weighted by Gasteiger charge is -2.12. The van der Waals surface area contributed by atoms with Crippen LogP contribution in [0.1, 0.15) is 233 Å². The van der Waals surface area contributed by atoms with E-state index in [0.717, 1.165) is 97.8 Å². The van der Waals surface area contributed by atoms with Crippen molar-refractivity contribution in [2.75, 3.05) is 112 Å². The van der Waals surface area contributed by atoms with E-state index in [0.29, 0.717) is 35.7 Å². The SMILES string of the molecule is CCCCCCCCCCCCOCCCNc1nc(NCCCOCCCCCCCCCCCC)nc(NCCCOCCCCCCCCCCCC)n1.CNc1nc(NC)nc(NC)n1. The molecule has 2 rings (SSSR count). The summed E-state index contributed by atoms with van der Waals surface area (Å²) < 4.78 is 17.8. The van der Waals surface area contributed by atoms with E-state index in [1.807, 2.05) is 0 Å². The Morgan fingerprint density at radius 1 is 0.246 bits per heavy atom. The molecule has 2 aromatic rings. The average molecular weight is 974 g/mol. The zero-order valence-electron chi connectivity index (χ0n) is 45.6. The molecule has 0 radical (unpaired) electrons. The van der Waals surface area contributed by atoms with Crippen molar-refractivity contribution in [3.63, 3.8) is 0 Å². The maximum Gasteiger partial charge on any atom is 0.229 e. The quantitative estimate of drug-likeness (QED) is 0.0345. The van der Waals surface area contributed by atoms with Crippen LogP contribution in [-0.4, -0.2) is 110 Å². The summed E-state index contributed by atoms with van der Waals surface area (Å²) >= 11 is 0. The minimum Gasteiger partial charge on any atom is -0.381 e. The largest absolute Gasteiger partial charge is 0.381 e. The van der Waals surface area contributed by atoms with Crippen LogP contribution in [0.25, 0.3) is 0 Å². The first kappa shape index (κ1) is 63.7. The Bertz CT molecular complexity index is 1180. The van der Waals surface area contributed by atoms with Gasteiger partial charge in [-0.15, -0.1) is 0 Å². The second kappa shape index (κ2) is 51.1. The molecule has 0 bridgehead atoms. The van der Waals surface area contributed by atoms with Crippen LogP contribution >= 0.6 is 0 Å². The van der Waals surface area contributed by atoms with E-state index in [1.165, 1.54) is 173 Å². The van der Waals surface area contributed by atoms with Gasteiger partial charge < -0.3 is 46.1 Å². The lowest BCUT2D eigenvalue weighted by Crippen LogP contribution is -2.16. The van der Waals surface area contributed by atoms with Crippen LogP contribution in [0.4, 0.5) is 35.7 Å². The summed E-state index contributed by atoms with van der Waals surface area (Å²) in [6.07, 6.45) is 43.2. The van der Waals surface area contributed by atoms with Crippen LogP contribution in [0.2, 0.25) is 0 Å². The number of unbranched alkanes of at least 4 members (excludes halogenated alkanes) is 27. The second-order valence-electron chi connectivity index (χ2n) is 18.6. The van der Waals surface area contributed by atoms with Crippen molar-refractivity contribution in [1.29, 1.82) is 0 Å². The monoisotopic (exact) mass is 973 g/mol. The molecular weight excluding hydrogens is 865 g/mol. The van der Waals surface area contributed by atoms with E-state index in [2.05, 4.69) is 82.6 Å². The lowest BCUT2D eigenvalue weighted by molar-refractivity contribution is 0.129. The number of aromatic nitrogens is 6. The van der Waals surface area contributed by atoms with Gasteiger partial charge in [0.2, 0.25) is 35.7 Å². The highest BCUT2D eigenvalue weighted by atomic mass is 16.5. The first-order valence-electron chi connectivity index (χ1n) is 28.6. The number of nitrogens with zero attached hydrogens (tertiary/aromatic N) is 6. The van der Waals surface area contributed by atoms with Crippen molar-refractivity contribution in [1.82, 2.24) is 29.9 Å². The van der Waals surface area contributed by atoms with Gasteiger partial charge in [-0.2, -0.15) is 29.9 Å². The van der Waals surface area contributed by atoms with E-state index in [4.69, 9.17) is 14.2 Å². The number of rotatable bonds is 51. The number of anilines is 6. The molecule has 15 heteroatoms. The van der Waals surface area contributed by atoms with E-state index < -0.39 is 0 Å². The topological polar surface area (TPSA) is 177 Å². The Hall–Kier alpha value is -3.30. The summed E-state index contributed by atoms with van der Waals surface area (Å²) in [6, 6.07) is 0. The molecule has 15 nitrogen and oxygen atoms in total. The van der Waals surface area contributed by atoms with Crippen molar-refractivity contribution in [2.24, 2.45) is 0 Å². The van der Waals surface area contributed by atoms with Crippen molar-refractivity contribution >= 4 is 35.7 Å². The third-order valence-corrected chi connectivity index (χ3v) is 12.1. The molecule has 2 aromatic heterocycles. The normalized spacial score (nSPS) is 11.0. The predicted molar refractivity (Wildman–Crippen MR) is 296 cm³/mol. The molecule has 6 N–H and O–H groups in total. The van der Waals surface area contributed by atoms with Gasteiger partial charge in [-0.25, -0.2) is 0 Å². The maximum atomic E-state index is 5.92. The highest BCUT2D eigenvalue weighted by Gasteiger charge is 2.07. The number of ether oxygens (including phenoxy) is 3. The van der Waals surface area contributed by atoms with Gasteiger partial charge in [0.1, 0.15) is 0 Å². The maximum absolute atomic E-state index is 5.92. The van der Waals surface area contributed by atoms with Gasteiger partial charge in [0, 0.05) is 80.4 Å². The van der Waals surface area contributed by atoms with Crippen LogP contribution in [-0.2, 0) is 14.2 Å². The molecule has 0 fully saturated rings. The fourth-order valence-corrected chi connectivity index (χ4v) is 7.83. The van der Waals surface area contributed by atoms with Crippen molar-refractivity contribution in [2.45, 2.75) is 233 Å². The fraction of sp³-hybridized carbons (Fsp3) is 0.889. The summed E-state index contributed by atoms with van der Waals surface area (Å²) in [5.41, 5.74) is 0. The molecule has 0 saturated carbocycles. The molecule has 0 aliphatic rings. The smallest absolute Gasteiger partial charge is 0.229 e. The summed E-state index contributed by atoms with van der Waals surface area (Å²) in [7, 11) is 5.27. The number of hydrogen-bond acceptors (Lipinski definition) is 15. The zero-order valence-corrected chi connectivity index (χ0v) is 45.6. The molecular formula is C54H108N12O3. The molecule has 402 valence electrons. The Morgan fingerprint density at radius 2 is 0.435 bits per heavy atom. The highest BCUT2D eigenvalue weighted by Crippen LogP contribution is 2.15. The van der Waals surface area contributed by atoms with E-state index in [1.54, 1.807) is 21.1 Å². The minimum atomic E-state index is 0.540. The Morgan fingerprint density at radius 3 is 0.652 bits per heavy atom. The van der Waals surface area contributed by atoms with E-state index >= 15 is 0 Å². The second-order valence-corrected chi connectivity index (χ2v) is 18.6. The fourth-order valence-electron chi connectivity index (χ4n) is 7.83. The van der Waals surface area contributed by atoms with Crippen molar-refractivity contribution in [3.8, 4) is 0 Å². The van der Waals surface area contributed by atoms with Crippen molar-refractivity contribution in [3.05, 3.63) is 0 Å². The molecule has 69 heavy (non-hydrogen) atoms. The van der Waals surface area contributed by atoms with Gasteiger partial charge in [-0.3, -0.25) is 0 Å². The van der Waals surface area contributed by atoms with Gasteiger partial charge in [0.25, 0.3) is 0 Å². The molecule has 0 unspecified atom stereocenters. The highest BCUT2D eigenvalue weighted by molar-refractivity contribution is 5.42. The lowest BCUT2D eigenvalue weighted by atomic mass is 10.1. The Balaban J connectivity index is 0.00000171. The first-order chi connectivity index (χ1) is 34.1. The average Bonchev–Trinajstić information content (AvgIpc) is 3.37. The van der Waals surface area contributed by atoms with Crippen molar-refractivity contribution < 1.29 is 14.2 Å². The summed E-state index contributed by atoms with van der Waals surface area (Å²) in [5, 5.41) is 18.7. The molecule has 0 saturated heterocycles. The third-order valence-electron chi connectivity index (χ3n) is 12.1. The molecule has 0 aromatic carbocycles. The van der Waals surface area contributed by atoms with Gasteiger partial charge in [0.15, 0.2) is 0 Å². The third kappa shape index (κ3) is 42.1. The van der Waals surface area contributed by atoms with E-state index in [-0.39, 0.29) is 0 Å². The summed E-state index contributed by atoms with van der Waals surface area (Å²) in [4.78, 5) is 26.1. The van der Waals surface area contributed by atoms with Crippen LogP contribution in [0.15, 0.2) is 0 Å². The minimum absolute atomic E-state index is 0.540. The van der Waals surface area contributed by atoms with Crippen LogP contribution < -0.4 is 31.9 Å². The molecule has 0 atom stereocenters. The standard InChI is InChI=1S/C48H96N6O3.C6H12N6/c1-4-7-10-13-16-19-22-25-28-31-40-55-43-34-37-49-46-52-47(50-38-35-44-56-41-32-29-26-23-20-17-14-11-8-5-2)54-48(53-46)51-39-36-45-57-42-33-30-27-24-21-18-15-12-9-6-3;1-7-4-10-5(8-2)12-6(9-3)11-4/h4-45H2,1-3H3,(H3,49,50,51,52,53,54);1-3H3,(H3,7,8,9,10,11,12). The van der Waals surface area contributed by atoms with E-state index in [9.17, 15) is 0 Å². The molecule has 0 aliphatic carbocycles. The molecule has 0 aliphatic heterocycles. The summed E-state index contributed by atoms with van der Waals surface area (Å²) in [5.74, 6) is 3.41. The van der Waals surface area contributed by atoms with Crippen LogP contribution in [0.3, 0.4) is 0 Å². The van der Waals surface area contributed by atoms with Gasteiger partial charge in [-0.1, -0.05) is 194 Å². The molecule has 0 spiro atoms. The van der Waals surface area contributed by atoms with Gasteiger partial charge in [-0.05, 0) is 38.5 Å². The zero-order chi connectivity index (χ0) is 49.8. The van der Waals surface area contributed by atoms with Crippen LogP contribution in [0, 0.1) is 0 Å². The number of nitrogens with one attached hydrogen (secondary N) is 6. The first-order valence-corrected chi connectivity index (χ1v) is 28.6. The van der Waals surface area contributed by atoms with Gasteiger partial charge in [0.05, 0.1) is 0 Å². The summed E-state index contributed by atoms with van der Waals surface area (Å²) in [6.45, 7) is 14.0. The number of hydrogen-bond donors (Lipinski definition) is 6. The van der Waals surface area contributed by atoms with Crippen LogP contribution in [0.5, 0.6) is 0 Å². The Labute approximate surface area is 423 Å². The predicted octanol–water partition coefficient (Wildman–Crippen LogP) is 14.1. The van der Waals surface area contributed by atoms with Gasteiger partial charge >= 0.3 is 0 Å².